The molecule has 12 aromatic rings. The Balaban J connectivity index is 1.06. The molecule has 0 radical (unpaired) electrons. The quantitative estimate of drug-likeness (QED) is 0.176. The van der Waals surface area contributed by atoms with E-state index in [0.717, 1.165) is 44.2 Å². The van der Waals surface area contributed by atoms with Crippen molar-refractivity contribution in [2.24, 2.45) is 0 Å². The summed E-state index contributed by atoms with van der Waals surface area (Å²) in [6, 6.07) is 63.7. The van der Waals surface area contributed by atoms with E-state index in [1.807, 2.05) is 84.1 Å². The molecule has 57 heavy (non-hydrogen) atoms. The van der Waals surface area contributed by atoms with E-state index in [-0.39, 0.29) is 0 Å². The number of fused-ring (bicyclic) bond motifs is 9. The molecule has 266 valence electrons. The van der Waals surface area contributed by atoms with Crippen molar-refractivity contribution < 1.29 is 4.42 Å². The number of furan rings is 1. The fourth-order valence-electron chi connectivity index (χ4n) is 8.50. The van der Waals surface area contributed by atoms with E-state index in [1.54, 1.807) is 0 Å². The second-order valence-electron chi connectivity index (χ2n) is 14.3. The molecule has 0 fully saturated rings. The number of hydrogen-bond acceptors (Lipinski definition) is 5. The van der Waals surface area contributed by atoms with Gasteiger partial charge in [0.2, 0.25) is 0 Å². The lowest BCUT2D eigenvalue weighted by Crippen LogP contribution is -2.00. The first-order valence-electron chi connectivity index (χ1n) is 19.0. The Hall–Kier alpha value is -7.41. The van der Waals surface area contributed by atoms with E-state index in [4.69, 9.17) is 19.4 Å². The topological polar surface area (TPSA) is 56.7 Å². The molecule has 6 heteroatoms. The monoisotopic (exact) mass is 746 g/mol. The van der Waals surface area contributed by atoms with Crippen molar-refractivity contribution in [3.8, 4) is 51.0 Å². The van der Waals surface area contributed by atoms with E-state index >= 15 is 0 Å². The standard InChI is InChI=1S/C51H30N4OS/c1-3-14-31(15-4-1)49-52-50(32-16-5-2-6-17-32)54-51(53-49)39-23-13-27-45-46(39)40-30-33(28-29-44(40)56-45)34-20-11-21-37-38-22-12-26-43(48(38)57-47(34)37)55-41-24-9-7-18-35(41)36-19-8-10-25-42(36)55/h1-30H. The van der Waals surface area contributed by atoms with Crippen LogP contribution >= 0.6 is 11.3 Å². The molecule has 12 rings (SSSR count). The zero-order valence-corrected chi connectivity index (χ0v) is 31.2. The van der Waals surface area contributed by atoms with Gasteiger partial charge >= 0.3 is 0 Å². The molecule has 0 unspecified atom stereocenters. The van der Waals surface area contributed by atoms with Crippen LogP contribution in [0.3, 0.4) is 0 Å². The average molecular weight is 747 g/mol. The maximum atomic E-state index is 6.53. The first-order valence-corrected chi connectivity index (χ1v) is 19.8. The van der Waals surface area contributed by atoms with Gasteiger partial charge in [-0.05, 0) is 47.5 Å². The van der Waals surface area contributed by atoms with Gasteiger partial charge in [0.1, 0.15) is 11.2 Å². The van der Waals surface area contributed by atoms with Crippen LogP contribution in [0.25, 0.3) is 115 Å². The van der Waals surface area contributed by atoms with Crippen molar-refractivity contribution in [1.29, 1.82) is 0 Å². The van der Waals surface area contributed by atoms with Crippen molar-refractivity contribution in [1.82, 2.24) is 19.5 Å². The minimum Gasteiger partial charge on any atom is -0.456 e. The molecule has 0 spiro atoms. The minimum absolute atomic E-state index is 0.602. The zero-order valence-electron chi connectivity index (χ0n) is 30.4. The molecule has 0 bridgehead atoms. The molecule has 0 aliphatic rings. The lowest BCUT2D eigenvalue weighted by molar-refractivity contribution is 0.669. The first-order chi connectivity index (χ1) is 28.3. The molecule has 8 aromatic carbocycles. The number of para-hydroxylation sites is 2. The summed E-state index contributed by atoms with van der Waals surface area (Å²) in [5.74, 6) is 1.86. The molecule has 0 saturated heterocycles. The summed E-state index contributed by atoms with van der Waals surface area (Å²) in [6.07, 6.45) is 0. The van der Waals surface area contributed by atoms with Gasteiger partial charge in [0.25, 0.3) is 0 Å². The fraction of sp³-hybridized carbons (Fsp3) is 0. The summed E-state index contributed by atoms with van der Waals surface area (Å²) in [6.45, 7) is 0. The fourth-order valence-corrected chi connectivity index (χ4v) is 9.84. The lowest BCUT2D eigenvalue weighted by Gasteiger charge is -2.09. The summed E-state index contributed by atoms with van der Waals surface area (Å²) in [7, 11) is 0. The Morgan fingerprint density at radius 3 is 1.65 bits per heavy atom. The Morgan fingerprint density at radius 2 is 0.947 bits per heavy atom. The number of thiophene rings is 1. The molecule has 0 atom stereocenters. The van der Waals surface area contributed by atoms with Crippen molar-refractivity contribution in [2.75, 3.05) is 0 Å². The highest BCUT2D eigenvalue weighted by atomic mass is 32.1. The van der Waals surface area contributed by atoms with Gasteiger partial charge in [0.05, 0.1) is 21.4 Å². The van der Waals surface area contributed by atoms with E-state index in [2.05, 4.69) is 114 Å². The third-order valence-corrected chi connectivity index (χ3v) is 12.3. The summed E-state index contributed by atoms with van der Waals surface area (Å²) in [5.41, 5.74) is 10.3. The van der Waals surface area contributed by atoms with Crippen LogP contribution in [-0.4, -0.2) is 19.5 Å². The maximum absolute atomic E-state index is 6.53. The highest BCUT2D eigenvalue weighted by Gasteiger charge is 2.21. The summed E-state index contributed by atoms with van der Waals surface area (Å²) >= 11 is 1.86. The van der Waals surface area contributed by atoms with Gasteiger partial charge in [0.15, 0.2) is 17.5 Å². The SMILES string of the molecule is c1ccc(-c2nc(-c3ccccc3)nc(-c3cccc4oc5ccc(-c6cccc7c6sc6c(-n8c9ccccc9c9ccccc98)cccc67)cc5c34)n2)cc1. The highest BCUT2D eigenvalue weighted by molar-refractivity contribution is 7.26. The third kappa shape index (κ3) is 4.98. The minimum atomic E-state index is 0.602. The molecule has 0 saturated carbocycles. The van der Waals surface area contributed by atoms with Gasteiger partial charge in [-0.3, -0.25) is 0 Å². The second kappa shape index (κ2) is 12.6. The lowest BCUT2D eigenvalue weighted by atomic mass is 9.99. The molecule has 4 aromatic heterocycles. The number of nitrogens with zero attached hydrogens (tertiary/aromatic N) is 4. The molecular weight excluding hydrogens is 717 g/mol. The average Bonchev–Trinajstić information content (AvgIpc) is 3.96. The van der Waals surface area contributed by atoms with E-state index in [9.17, 15) is 0 Å². The van der Waals surface area contributed by atoms with E-state index in [0.29, 0.717) is 17.5 Å². The van der Waals surface area contributed by atoms with Crippen LogP contribution in [0, 0.1) is 0 Å². The normalized spacial score (nSPS) is 11.9. The van der Waals surface area contributed by atoms with Crippen LogP contribution in [0.5, 0.6) is 0 Å². The van der Waals surface area contributed by atoms with Crippen LogP contribution < -0.4 is 0 Å². The molecule has 0 aliphatic carbocycles. The van der Waals surface area contributed by atoms with Gasteiger partial charge < -0.3 is 8.98 Å². The van der Waals surface area contributed by atoms with E-state index in [1.165, 1.54) is 53.2 Å². The van der Waals surface area contributed by atoms with Crippen molar-refractivity contribution in [3.05, 3.63) is 182 Å². The van der Waals surface area contributed by atoms with Crippen LogP contribution in [0.15, 0.2) is 186 Å². The molecule has 0 amide bonds. The predicted octanol–water partition coefficient (Wildman–Crippen LogP) is 13.9. The number of rotatable bonds is 5. The highest BCUT2D eigenvalue weighted by Crippen LogP contribution is 2.45. The molecule has 0 aliphatic heterocycles. The van der Waals surface area contributed by atoms with Crippen LogP contribution in [0.4, 0.5) is 0 Å². The Morgan fingerprint density at radius 1 is 0.386 bits per heavy atom. The van der Waals surface area contributed by atoms with Crippen molar-refractivity contribution in [2.45, 2.75) is 0 Å². The smallest absolute Gasteiger partial charge is 0.164 e. The van der Waals surface area contributed by atoms with Crippen LogP contribution in [0.1, 0.15) is 0 Å². The Bertz CT molecular complexity index is 3420. The Labute approximate surface area is 330 Å². The van der Waals surface area contributed by atoms with Gasteiger partial charge in [-0.15, -0.1) is 11.3 Å². The Kier molecular flexibility index (Phi) is 7.03. The first kappa shape index (κ1) is 31.9. The van der Waals surface area contributed by atoms with Gasteiger partial charge in [-0.2, -0.15) is 0 Å². The predicted molar refractivity (Wildman–Crippen MR) is 236 cm³/mol. The van der Waals surface area contributed by atoms with Crippen molar-refractivity contribution in [3.63, 3.8) is 0 Å². The van der Waals surface area contributed by atoms with Crippen LogP contribution in [0.2, 0.25) is 0 Å². The summed E-state index contributed by atoms with van der Waals surface area (Å²) in [5, 5.41) is 7.03. The van der Waals surface area contributed by atoms with E-state index < -0.39 is 0 Å². The summed E-state index contributed by atoms with van der Waals surface area (Å²) in [4.78, 5) is 15.1. The summed E-state index contributed by atoms with van der Waals surface area (Å²) < 4.78 is 11.5. The molecule has 0 N–H and O–H groups in total. The van der Waals surface area contributed by atoms with Crippen molar-refractivity contribution >= 4 is 75.3 Å². The number of benzene rings is 8. The van der Waals surface area contributed by atoms with Gasteiger partial charge in [0, 0.05) is 53.7 Å². The maximum Gasteiger partial charge on any atom is 0.164 e. The molecule has 5 nitrogen and oxygen atoms in total. The van der Waals surface area contributed by atoms with Gasteiger partial charge in [-0.25, -0.2) is 15.0 Å². The molecule has 4 heterocycles. The van der Waals surface area contributed by atoms with Gasteiger partial charge in [-0.1, -0.05) is 146 Å². The third-order valence-electron chi connectivity index (χ3n) is 11.1. The second-order valence-corrected chi connectivity index (χ2v) is 15.4. The van der Waals surface area contributed by atoms with Crippen LogP contribution in [-0.2, 0) is 0 Å². The molecular formula is C51H30N4OS. The largest absolute Gasteiger partial charge is 0.456 e. The number of aromatic nitrogens is 4. The number of hydrogen-bond donors (Lipinski definition) is 0. The zero-order chi connectivity index (χ0) is 37.5.